The first-order valence-electron chi connectivity index (χ1n) is 6.32. The predicted molar refractivity (Wildman–Crippen MR) is 72.9 cm³/mol. The van der Waals surface area contributed by atoms with Crippen molar-refractivity contribution in [1.29, 1.82) is 10.8 Å². The minimum atomic E-state index is -0.372. The normalized spacial score (nSPS) is 40.8. The Kier molecular flexibility index (Phi) is 2.83. The smallest absolute Gasteiger partial charge is 0.102 e. The van der Waals surface area contributed by atoms with Crippen LogP contribution in [-0.2, 0) is 0 Å². The van der Waals surface area contributed by atoms with E-state index in [1.807, 2.05) is 13.8 Å². The zero-order chi connectivity index (χ0) is 13.6. The Morgan fingerprint density at radius 2 is 1.94 bits per heavy atom. The molecule has 0 heterocycles. The molecule has 2 saturated carbocycles. The van der Waals surface area contributed by atoms with Gasteiger partial charge in [0.05, 0.1) is 23.0 Å². The van der Waals surface area contributed by atoms with Crippen LogP contribution >= 0.6 is 0 Å². The van der Waals surface area contributed by atoms with Crippen molar-refractivity contribution in [3.05, 3.63) is 0 Å². The third-order valence-electron chi connectivity index (χ3n) is 4.79. The Hall–Kier alpha value is -1.59. The molecule has 0 aromatic carbocycles. The summed E-state index contributed by atoms with van der Waals surface area (Å²) in [6.45, 7) is 3.94. The van der Waals surface area contributed by atoms with Crippen LogP contribution in [0.1, 0.15) is 39.5 Å². The molecule has 2 aliphatic carbocycles. The molecule has 2 aliphatic rings. The average molecular weight is 250 g/mol. The van der Waals surface area contributed by atoms with Crippen LogP contribution in [-0.4, -0.2) is 23.4 Å². The first-order valence-corrected chi connectivity index (χ1v) is 6.32. The van der Waals surface area contributed by atoms with Crippen molar-refractivity contribution in [3.63, 3.8) is 0 Å². The molecule has 0 bridgehead atoms. The van der Waals surface area contributed by atoms with E-state index in [1.54, 1.807) is 0 Å². The zero-order valence-corrected chi connectivity index (χ0v) is 11.0. The van der Waals surface area contributed by atoms with Crippen LogP contribution in [0.5, 0.6) is 0 Å². The van der Waals surface area contributed by atoms with Gasteiger partial charge in [0.25, 0.3) is 0 Å². The van der Waals surface area contributed by atoms with Gasteiger partial charge in [-0.2, -0.15) is 5.10 Å². The van der Waals surface area contributed by atoms with Crippen molar-refractivity contribution in [2.45, 2.75) is 45.6 Å². The molecule has 100 valence electrons. The third kappa shape index (κ3) is 1.67. The molecule has 0 radical (unpaired) electrons. The minimum absolute atomic E-state index is 0.124. The summed E-state index contributed by atoms with van der Waals surface area (Å²) in [6, 6.07) is 0.124. The molecule has 0 aromatic rings. The molecule has 3 unspecified atom stereocenters. The zero-order valence-electron chi connectivity index (χ0n) is 11.0. The molecule has 0 aromatic heterocycles. The SMILES string of the molecule is CC1(C(=N)N)CCC1=NNC1CCC1(C)C(=N)N. The fourth-order valence-corrected chi connectivity index (χ4v) is 2.49. The van der Waals surface area contributed by atoms with Gasteiger partial charge in [0.2, 0.25) is 0 Å². The molecule has 0 spiro atoms. The minimum Gasteiger partial charge on any atom is -0.387 e. The summed E-state index contributed by atoms with van der Waals surface area (Å²) >= 11 is 0. The van der Waals surface area contributed by atoms with Crippen LogP contribution < -0.4 is 16.9 Å². The first kappa shape index (κ1) is 12.9. The maximum Gasteiger partial charge on any atom is 0.102 e. The van der Waals surface area contributed by atoms with Crippen molar-refractivity contribution in [2.75, 3.05) is 0 Å². The monoisotopic (exact) mass is 250 g/mol. The van der Waals surface area contributed by atoms with Crippen LogP contribution in [0.2, 0.25) is 0 Å². The average Bonchev–Trinajstić information content (AvgIpc) is 2.28. The number of hydrogen-bond acceptors (Lipinski definition) is 4. The second-order valence-corrected chi connectivity index (χ2v) is 5.86. The van der Waals surface area contributed by atoms with Gasteiger partial charge >= 0.3 is 0 Å². The van der Waals surface area contributed by atoms with Gasteiger partial charge in [-0.3, -0.25) is 10.8 Å². The standard InChI is InChI=1S/C12H22N6/c1-11(9(13)14)5-3-7(11)17-18-8-4-6-12(8,2)10(15)16/h7,17H,3-6H2,1-2H3,(H3,13,14)(H3,15,16). The third-order valence-corrected chi connectivity index (χ3v) is 4.79. The van der Waals surface area contributed by atoms with Gasteiger partial charge < -0.3 is 16.9 Å². The Morgan fingerprint density at radius 3 is 2.28 bits per heavy atom. The van der Waals surface area contributed by atoms with Crippen LogP contribution in [0.3, 0.4) is 0 Å². The molecular weight excluding hydrogens is 228 g/mol. The van der Waals surface area contributed by atoms with Gasteiger partial charge in [0.1, 0.15) is 5.84 Å². The maximum absolute atomic E-state index is 7.60. The molecule has 7 N–H and O–H groups in total. The molecule has 0 amide bonds. The van der Waals surface area contributed by atoms with Crippen LogP contribution in [0.15, 0.2) is 5.10 Å². The highest BCUT2D eigenvalue weighted by Crippen LogP contribution is 2.41. The second kappa shape index (κ2) is 3.96. The number of nitrogens with two attached hydrogens (primary N) is 2. The quantitative estimate of drug-likeness (QED) is 0.287. The van der Waals surface area contributed by atoms with Gasteiger partial charge in [-0.25, -0.2) is 0 Å². The van der Waals surface area contributed by atoms with E-state index in [2.05, 4.69) is 10.5 Å². The topological polar surface area (TPSA) is 124 Å². The van der Waals surface area contributed by atoms with Crippen molar-refractivity contribution < 1.29 is 0 Å². The molecule has 0 aliphatic heterocycles. The van der Waals surface area contributed by atoms with Gasteiger partial charge in [-0.1, -0.05) is 6.92 Å². The lowest BCUT2D eigenvalue weighted by Gasteiger charge is -2.46. The summed E-state index contributed by atoms with van der Waals surface area (Å²) in [5, 5.41) is 19.6. The predicted octanol–water partition coefficient (Wildman–Crippen LogP) is 0.773. The van der Waals surface area contributed by atoms with E-state index >= 15 is 0 Å². The Balaban J connectivity index is 2.01. The maximum atomic E-state index is 7.60. The molecule has 6 heteroatoms. The van der Waals surface area contributed by atoms with E-state index in [-0.39, 0.29) is 28.5 Å². The molecule has 6 nitrogen and oxygen atoms in total. The Bertz CT molecular complexity index is 428. The van der Waals surface area contributed by atoms with E-state index in [9.17, 15) is 0 Å². The summed E-state index contributed by atoms with van der Waals surface area (Å²) in [4.78, 5) is 0. The van der Waals surface area contributed by atoms with Crippen molar-refractivity contribution in [3.8, 4) is 0 Å². The number of nitrogens with zero attached hydrogens (tertiary/aromatic N) is 1. The molecular formula is C12H22N6. The van der Waals surface area contributed by atoms with Crippen molar-refractivity contribution in [2.24, 2.45) is 27.4 Å². The molecule has 0 saturated heterocycles. The largest absolute Gasteiger partial charge is 0.387 e. The van der Waals surface area contributed by atoms with E-state index in [1.165, 1.54) is 0 Å². The summed E-state index contributed by atoms with van der Waals surface area (Å²) in [7, 11) is 0. The highest BCUT2D eigenvalue weighted by Gasteiger charge is 2.47. The highest BCUT2D eigenvalue weighted by molar-refractivity contribution is 6.12. The van der Waals surface area contributed by atoms with Gasteiger partial charge in [-0.15, -0.1) is 0 Å². The number of rotatable bonds is 4. The summed E-state index contributed by atoms with van der Waals surface area (Å²) < 4.78 is 0. The summed E-state index contributed by atoms with van der Waals surface area (Å²) in [5.74, 6) is 0.395. The number of hydrazone groups is 1. The van der Waals surface area contributed by atoms with E-state index in [0.717, 1.165) is 31.4 Å². The lowest BCUT2D eigenvalue weighted by molar-refractivity contribution is 0.164. The van der Waals surface area contributed by atoms with Gasteiger partial charge in [-0.05, 0) is 32.6 Å². The van der Waals surface area contributed by atoms with E-state index < -0.39 is 0 Å². The van der Waals surface area contributed by atoms with Gasteiger partial charge in [0, 0.05) is 5.41 Å². The number of amidine groups is 2. The summed E-state index contributed by atoms with van der Waals surface area (Å²) in [5.41, 5.74) is 14.6. The van der Waals surface area contributed by atoms with Gasteiger partial charge in [0.15, 0.2) is 0 Å². The fourth-order valence-electron chi connectivity index (χ4n) is 2.49. The lowest BCUT2D eigenvalue weighted by Crippen LogP contribution is -2.57. The summed E-state index contributed by atoms with van der Waals surface area (Å²) in [6.07, 6.45) is 3.67. The van der Waals surface area contributed by atoms with Crippen LogP contribution in [0.25, 0.3) is 0 Å². The molecule has 2 fully saturated rings. The number of hydrogen-bond donors (Lipinski definition) is 5. The molecule has 18 heavy (non-hydrogen) atoms. The number of nitrogens with one attached hydrogen (secondary N) is 3. The molecule has 2 rings (SSSR count). The van der Waals surface area contributed by atoms with Crippen LogP contribution in [0, 0.1) is 21.6 Å². The molecule has 3 atom stereocenters. The van der Waals surface area contributed by atoms with E-state index in [0.29, 0.717) is 0 Å². The van der Waals surface area contributed by atoms with E-state index in [4.69, 9.17) is 22.3 Å². The fraction of sp³-hybridized carbons (Fsp3) is 0.750. The van der Waals surface area contributed by atoms with Crippen molar-refractivity contribution in [1.82, 2.24) is 5.43 Å². The second-order valence-electron chi connectivity index (χ2n) is 5.86. The first-order chi connectivity index (χ1) is 8.30. The Labute approximate surface area is 107 Å². The highest BCUT2D eigenvalue weighted by atomic mass is 15.3. The van der Waals surface area contributed by atoms with Crippen LogP contribution in [0.4, 0.5) is 0 Å². The Morgan fingerprint density at radius 1 is 1.28 bits per heavy atom. The van der Waals surface area contributed by atoms with Crippen molar-refractivity contribution >= 4 is 17.4 Å². The lowest BCUT2D eigenvalue weighted by atomic mass is 9.65.